The van der Waals surface area contributed by atoms with E-state index in [-0.39, 0.29) is 5.56 Å². The third-order valence-corrected chi connectivity index (χ3v) is 5.41. The quantitative estimate of drug-likeness (QED) is 0.459. The highest BCUT2D eigenvalue weighted by molar-refractivity contribution is 6.03. The maximum atomic E-state index is 13.5. The highest BCUT2D eigenvalue weighted by Crippen LogP contribution is 2.36. The van der Waals surface area contributed by atoms with E-state index in [1.807, 2.05) is 66.7 Å². The van der Waals surface area contributed by atoms with Crippen LogP contribution in [-0.4, -0.2) is 9.55 Å². The van der Waals surface area contributed by atoms with Crippen LogP contribution in [-0.2, 0) is 7.05 Å². The maximum Gasteiger partial charge on any atom is 0.260 e. The third-order valence-electron chi connectivity index (χ3n) is 5.41. The molecule has 1 N–H and O–H groups in total. The lowest BCUT2D eigenvalue weighted by Gasteiger charge is -2.15. The standard InChI is InChI=1S/C25H17N3O/c1-28-22-9-5-3-7-19(22)23(17-12-10-16(15-26)11-13-17)24(25(28)29)21-14-18-6-2-4-8-20(18)27-21/h2-14,27H,1H3. The Balaban J connectivity index is 1.92. The Hall–Kier alpha value is -4.10. The van der Waals surface area contributed by atoms with E-state index >= 15 is 0 Å². The molecule has 0 aliphatic carbocycles. The van der Waals surface area contributed by atoms with Crippen LogP contribution >= 0.6 is 0 Å². The molecule has 0 saturated heterocycles. The number of aromatic amines is 1. The van der Waals surface area contributed by atoms with Gasteiger partial charge in [-0.3, -0.25) is 4.79 Å². The van der Waals surface area contributed by atoms with E-state index in [2.05, 4.69) is 11.1 Å². The van der Waals surface area contributed by atoms with Gasteiger partial charge in [0, 0.05) is 28.9 Å². The van der Waals surface area contributed by atoms with Crippen molar-refractivity contribution in [3.05, 3.63) is 94.8 Å². The summed E-state index contributed by atoms with van der Waals surface area (Å²) in [4.78, 5) is 16.9. The van der Waals surface area contributed by atoms with Gasteiger partial charge in [0.05, 0.1) is 28.4 Å². The number of fused-ring (bicyclic) bond motifs is 2. The van der Waals surface area contributed by atoms with Crippen molar-refractivity contribution in [1.29, 1.82) is 5.26 Å². The number of nitriles is 1. The van der Waals surface area contributed by atoms with Gasteiger partial charge in [0.15, 0.2) is 0 Å². The van der Waals surface area contributed by atoms with Crippen molar-refractivity contribution in [2.24, 2.45) is 7.05 Å². The minimum absolute atomic E-state index is 0.0605. The lowest BCUT2D eigenvalue weighted by molar-refractivity contribution is 0.908. The lowest BCUT2D eigenvalue weighted by Crippen LogP contribution is -2.20. The van der Waals surface area contributed by atoms with E-state index in [9.17, 15) is 4.79 Å². The predicted octanol–water partition coefficient (Wildman–Crippen LogP) is 5.23. The second-order valence-corrected chi connectivity index (χ2v) is 7.09. The highest BCUT2D eigenvalue weighted by Gasteiger charge is 2.19. The molecule has 0 fully saturated rings. The van der Waals surface area contributed by atoms with Crippen LogP contribution in [0.5, 0.6) is 0 Å². The summed E-state index contributed by atoms with van der Waals surface area (Å²) in [7, 11) is 1.80. The molecule has 0 bridgehead atoms. The Morgan fingerprint density at radius 2 is 1.62 bits per heavy atom. The number of hydrogen-bond donors (Lipinski definition) is 1. The van der Waals surface area contributed by atoms with Crippen LogP contribution in [0, 0.1) is 11.3 Å². The molecule has 0 aliphatic rings. The van der Waals surface area contributed by atoms with Gasteiger partial charge in [-0.1, -0.05) is 48.5 Å². The van der Waals surface area contributed by atoms with E-state index in [4.69, 9.17) is 5.26 Å². The van der Waals surface area contributed by atoms with Crippen LogP contribution in [0.2, 0.25) is 0 Å². The number of rotatable bonds is 2. The fraction of sp³-hybridized carbons (Fsp3) is 0.0400. The fourth-order valence-corrected chi connectivity index (χ4v) is 3.97. The van der Waals surface area contributed by atoms with Crippen LogP contribution in [0.15, 0.2) is 83.7 Å². The molecule has 0 saturated carbocycles. The van der Waals surface area contributed by atoms with Gasteiger partial charge in [0.2, 0.25) is 0 Å². The summed E-state index contributed by atoms with van der Waals surface area (Å²) in [6.07, 6.45) is 0. The first-order chi connectivity index (χ1) is 14.2. The average Bonchev–Trinajstić information content (AvgIpc) is 3.20. The second kappa shape index (κ2) is 6.50. The first kappa shape index (κ1) is 17.0. The Morgan fingerprint density at radius 1 is 0.897 bits per heavy atom. The highest BCUT2D eigenvalue weighted by atomic mass is 16.1. The monoisotopic (exact) mass is 375 g/mol. The van der Waals surface area contributed by atoms with Crippen molar-refractivity contribution in [2.45, 2.75) is 0 Å². The Labute approximate surface area is 167 Å². The SMILES string of the molecule is Cn1c(=O)c(-c2cc3ccccc3[nH]2)c(-c2ccc(C#N)cc2)c2ccccc21. The fourth-order valence-electron chi connectivity index (χ4n) is 3.97. The number of H-pyrrole nitrogens is 1. The molecule has 4 nitrogen and oxygen atoms in total. The van der Waals surface area contributed by atoms with Crippen LogP contribution in [0.3, 0.4) is 0 Å². The molecule has 0 aliphatic heterocycles. The van der Waals surface area contributed by atoms with E-state index in [1.165, 1.54) is 0 Å². The number of hydrogen-bond acceptors (Lipinski definition) is 2. The molecule has 2 heterocycles. The number of aromatic nitrogens is 2. The van der Waals surface area contributed by atoms with Crippen LogP contribution in [0.25, 0.3) is 44.2 Å². The van der Waals surface area contributed by atoms with Crippen molar-refractivity contribution in [1.82, 2.24) is 9.55 Å². The first-order valence-corrected chi connectivity index (χ1v) is 9.38. The summed E-state index contributed by atoms with van der Waals surface area (Å²) in [6, 6.07) is 27.5. The zero-order valence-electron chi connectivity index (χ0n) is 15.8. The predicted molar refractivity (Wildman–Crippen MR) is 117 cm³/mol. The van der Waals surface area contributed by atoms with Crippen molar-refractivity contribution in [2.75, 3.05) is 0 Å². The van der Waals surface area contributed by atoms with Gasteiger partial charge in [-0.2, -0.15) is 5.26 Å². The molecule has 4 heteroatoms. The normalized spacial score (nSPS) is 11.0. The van der Waals surface area contributed by atoms with Crippen molar-refractivity contribution in [3.63, 3.8) is 0 Å². The van der Waals surface area contributed by atoms with Gasteiger partial charge in [0.25, 0.3) is 5.56 Å². The maximum absolute atomic E-state index is 13.5. The Bertz CT molecular complexity index is 1450. The molecule has 29 heavy (non-hydrogen) atoms. The molecule has 3 aromatic carbocycles. The zero-order valence-corrected chi connectivity index (χ0v) is 15.8. The zero-order chi connectivity index (χ0) is 20.0. The molecule has 0 amide bonds. The second-order valence-electron chi connectivity index (χ2n) is 7.09. The van der Waals surface area contributed by atoms with Crippen LogP contribution in [0.1, 0.15) is 5.56 Å². The van der Waals surface area contributed by atoms with Gasteiger partial charge in [-0.25, -0.2) is 0 Å². The van der Waals surface area contributed by atoms with E-state index < -0.39 is 0 Å². The van der Waals surface area contributed by atoms with E-state index in [0.29, 0.717) is 11.1 Å². The molecule has 0 atom stereocenters. The summed E-state index contributed by atoms with van der Waals surface area (Å²) < 4.78 is 1.70. The molecule has 138 valence electrons. The Morgan fingerprint density at radius 3 is 2.38 bits per heavy atom. The topological polar surface area (TPSA) is 61.6 Å². The van der Waals surface area contributed by atoms with Gasteiger partial charge in [-0.05, 0) is 35.9 Å². The number of benzene rings is 3. The van der Waals surface area contributed by atoms with E-state index in [1.54, 1.807) is 23.7 Å². The minimum Gasteiger partial charge on any atom is -0.354 e. The van der Waals surface area contributed by atoms with Crippen LogP contribution < -0.4 is 5.56 Å². The van der Waals surface area contributed by atoms with Gasteiger partial charge in [0.1, 0.15) is 0 Å². The summed E-state index contributed by atoms with van der Waals surface area (Å²) in [5, 5.41) is 11.2. The summed E-state index contributed by atoms with van der Waals surface area (Å²) in [5.74, 6) is 0. The number of nitrogens with zero attached hydrogens (tertiary/aromatic N) is 2. The first-order valence-electron chi connectivity index (χ1n) is 9.38. The third kappa shape index (κ3) is 2.64. The molecule has 2 aromatic heterocycles. The van der Waals surface area contributed by atoms with Crippen molar-refractivity contribution >= 4 is 21.8 Å². The number of nitrogens with one attached hydrogen (secondary N) is 1. The summed E-state index contributed by atoms with van der Waals surface area (Å²) in [6.45, 7) is 0. The number of para-hydroxylation sites is 2. The van der Waals surface area contributed by atoms with Gasteiger partial charge < -0.3 is 9.55 Å². The van der Waals surface area contributed by atoms with Crippen molar-refractivity contribution < 1.29 is 0 Å². The molecule has 5 aromatic rings. The molecule has 0 unspecified atom stereocenters. The van der Waals surface area contributed by atoms with Crippen LogP contribution in [0.4, 0.5) is 0 Å². The lowest BCUT2D eigenvalue weighted by atomic mass is 9.93. The van der Waals surface area contributed by atoms with Crippen molar-refractivity contribution in [3.8, 4) is 28.5 Å². The molecule has 0 radical (unpaired) electrons. The van der Waals surface area contributed by atoms with Gasteiger partial charge in [-0.15, -0.1) is 0 Å². The molecule has 0 spiro atoms. The minimum atomic E-state index is -0.0605. The van der Waals surface area contributed by atoms with Gasteiger partial charge >= 0.3 is 0 Å². The smallest absolute Gasteiger partial charge is 0.260 e. The Kier molecular flexibility index (Phi) is 3.82. The van der Waals surface area contributed by atoms with E-state index in [0.717, 1.165) is 38.6 Å². The average molecular weight is 375 g/mol. The summed E-state index contributed by atoms with van der Waals surface area (Å²) >= 11 is 0. The largest absolute Gasteiger partial charge is 0.354 e. The number of aryl methyl sites for hydroxylation is 1. The molecular formula is C25H17N3O. The molecular weight excluding hydrogens is 358 g/mol. The molecule has 5 rings (SSSR count). The summed E-state index contributed by atoms with van der Waals surface area (Å²) in [5.41, 5.74) is 5.60. The number of pyridine rings is 1.